The highest BCUT2D eigenvalue weighted by Crippen LogP contribution is 2.23. The highest BCUT2D eigenvalue weighted by molar-refractivity contribution is 6.03. The number of aromatic amines is 1. The standard InChI is InChI=1S/C17H10FN3O/c18-11-7-5-10(6-8-11)15-9-13-16(21-20-15)12-3-1-2-4-14(12)19-17(13)22/h1-9H,(H,19,22). The van der Waals surface area contributed by atoms with Gasteiger partial charge in [-0.15, -0.1) is 10.2 Å². The van der Waals surface area contributed by atoms with E-state index in [0.29, 0.717) is 22.2 Å². The molecular formula is C17H10FN3O. The quantitative estimate of drug-likeness (QED) is 0.547. The third kappa shape index (κ3) is 1.95. The van der Waals surface area contributed by atoms with Crippen molar-refractivity contribution in [3.05, 3.63) is 70.8 Å². The van der Waals surface area contributed by atoms with Crippen LogP contribution >= 0.6 is 0 Å². The first-order chi connectivity index (χ1) is 10.7. The number of nitrogens with zero attached hydrogens (tertiary/aromatic N) is 2. The van der Waals surface area contributed by atoms with Crippen LogP contribution in [0.2, 0.25) is 0 Å². The Bertz CT molecular complexity index is 1050. The van der Waals surface area contributed by atoms with E-state index in [1.165, 1.54) is 12.1 Å². The van der Waals surface area contributed by atoms with E-state index >= 15 is 0 Å². The van der Waals surface area contributed by atoms with Crippen LogP contribution in [0.1, 0.15) is 0 Å². The number of benzene rings is 2. The molecule has 0 aliphatic heterocycles. The zero-order valence-electron chi connectivity index (χ0n) is 11.4. The van der Waals surface area contributed by atoms with Crippen molar-refractivity contribution in [1.29, 1.82) is 0 Å². The summed E-state index contributed by atoms with van der Waals surface area (Å²) >= 11 is 0. The van der Waals surface area contributed by atoms with E-state index < -0.39 is 0 Å². The smallest absolute Gasteiger partial charge is 0.258 e. The third-order valence-corrected chi connectivity index (χ3v) is 3.61. The van der Waals surface area contributed by atoms with Crippen LogP contribution in [0.5, 0.6) is 0 Å². The lowest BCUT2D eigenvalue weighted by molar-refractivity contribution is 0.628. The maximum Gasteiger partial charge on any atom is 0.258 e. The molecule has 2 aromatic carbocycles. The number of H-pyrrole nitrogens is 1. The molecule has 0 amide bonds. The lowest BCUT2D eigenvalue weighted by atomic mass is 10.1. The van der Waals surface area contributed by atoms with E-state index in [4.69, 9.17) is 0 Å². The number of aromatic nitrogens is 3. The minimum absolute atomic E-state index is 0.216. The van der Waals surface area contributed by atoms with Gasteiger partial charge in [-0.2, -0.15) is 0 Å². The van der Waals surface area contributed by atoms with E-state index in [-0.39, 0.29) is 11.4 Å². The van der Waals surface area contributed by atoms with Gasteiger partial charge < -0.3 is 4.98 Å². The Morgan fingerprint density at radius 3 is 2.50 bits per heavy atom. The molecule has 4 rings (SSSR count). The van der Waals surface area contributed by atoms with Crippen LogP contribution in [0.25, 0.3) is 33.1 Å². The molecule has 0 aliphatic carbocycles. The van der Waals surface area contributed by atoms with Crippen molar-refractivity contribution in [1.82, 2.24) is 15.2 Å². The largest absolute Gasteiger partial charge is 0.321 e. The van der Waals surface area contributed by atoms with E-state index in [9.17, 15) is 9.18 Å². The molecule has 4 nitrogen and oxygen atoms in total. The van der Waals surface area contributed by atoms with Crippen LogP contribution in [0.15, 0.2) is 59.4 Å². The van der Waals surface area contributed by atoms with Crippen molar-refractivity contribution >= 4 is 21.8 Å². The van der Waals surface area contributed by atoms with Crippen molar-refractivity contribution < 1.29 is 4.39 Å². The monoisotopic (exact) mass is 291 g/mol. The fourth-order valence-corrected chi connectivity index (χ4v) is 2.51. The zero-order valence-corrected chi connectivity index (χ0v) is 11.4. The fraction of sp³-hybridized carbons (Fsp3) is 0. The Hall–Kier alpha value is -3.08. The minimum Gasteiger partial charge on any atom is -0.321 e. The number of halogens is 1. The Morgan fingerprint density at radius 1 is 0.909 bits per heavy atom. The van der Waals surface area contributed by atoms with Crippen molar-refractivity contribution in [2.45, 2.75) is 0 Å². The molecule has 106 valence electrons. The molecule has 0 unspecified atom stereocenters. The van der Waals surface area contributed by atoms with Crippen molar-refractivity contribution in [2.24, 2.45) is 0 Å². The maximum atomic E-state index is 13.0. The summed E-state index contributed by atoms with van der Waals surface area (Å²) in [6, 6.07) is 15.1. The topological polar surface area (TPSA) is 58.6 Å². The van der Waals surface area contributed by atoms with E-state index in [1.54, 1.807) is 18.2 Å². The van der Waals surface area contributed by atoms with Gasteiger partial charge in [-0.1, -0.05) is 18.2 Å². The summed E-state index contributed by atoms with van der Waals surface area (Å²) in [5.74, 6) is -0.318. The first-order valence-corrected chi connectivity index (χ1v) is 6.77. The second kappa shape index (κ2) is 4.73. The normalized spacial score (nSPS) is 11.1. The average Bonchev–Trinajstić information content (AvgIpc) is 2.55. The highest BCUT2D eigenvalue weighted by atomic mass is 19.1. The molecule has 2 heterocycles. The molecule has 0 saturated heterocycles. The number of rotatable bonds is 1. The summed E-state index contributed by atoms with van der Waals surface area (Å²) in [5.41, 5.74) is 2.32. The van der Waals surface area contributed by atoms with Crippen LogP contribution in [0, 0.1) is 5.82 Å². The summed E-state index contributed by atoms with van der Waals surface area (Å²) in [4.78, 5) is 15.1. The van der Waals surface area contributed by atoms with Gasteiger partial charge in [-0.05, 0) is 36.4 Å². The number of pyridine rings is 1. The van der Waals surface area contributed by atoms with Crippen molar-refractivity contribution in [3.63, 3.8) is 0 Å². The first-order valence-electron chi connectivity index (χ1n) is 6.77. The van der Waals surface area contributed by atoms with Gasteiger partial charge in [0.2, 0.25) is 0 Å². The van der Waals surface area contributed by atoms with E-state index in [2.05, 4.69) is 15.2 Å². The predicted octanol–water partition coefficient (Wildman–Crippen LogP) is 3.28. The number of para-hydroxylation sites is 1. The van der Waals surface area contributed by atoms with Gasteiger partial charge in [0.05, 0.1) is 16.6 Å². The Balaban J connectivity index is 2.02. The van der Waals surface area contributed by atoms with Crippen LogP contribution < -0.4 is 5.56 Å². The van der Waals surface area contributed by atoms with Gasteiger partial charge in [0.25, 0.3) is 5.56 Å². The molecule has 2 aromatic heterocycles. The fourth-order valence-electron chi connectivity index (χ4n) is 2.51. The van der Waals surface area contributed by atoms with Gasteiger partial charge in [0.1, 0.15) is 11.3 Å². The van der Waals surface area contributed by atoms with E-state index in [0.717, 1.165) is 10.9 Å². The van der Waals surface area contributed by atoms with Crippen LogP contribution in [0.3, 0.4) is 0 Å². The molecule has 0 bridgehead atoms. The molecular weight excluding hydrogens is 281 g/mol. The van der Waals surface area contributed by atoms with Gasteiger partial charge >= 0.3 is 0 Å². The molecule has 1 N–H and O–H groups in total. The van der Waals surface area contributed by atoms with Gasteiger partial charge in [-0.25, -0.2) is 4.39 Å². The van der Waals surface area contributed by atoms with Gasteiger partial charge in [0.15, 0.2) is 0 Å². The minimum atomic E-state index is -0.318. The average molecular weight is 291 g/mol. The summed E-state index contributed by atoms with van der Waals surface area (Å²) in [6.45, 7) is 0. The Morgan fingerprint density at radius 2 is 1.68 bits per heavy atom. The lowest BCUT2D eigenvalue weighted by Gasteiger charge is -2.04. The number of nitrogens with one attached hydrogen (secondary N) is 1. The molecule has 5 heteroatoms. The lowest BCUT2D eigenvalue weighted by Crippen LogP contribution is -2.08. The third-order valence-electron chi connectivity index (χ3n) is 3.61. The molecule has 4 aromatic rings. The van der Waals surface area contributed by atoms with Crippen molar-refractivity contribution in [3.8, 4) is 11.3 Å². The summed E-state index contributed by atoms with van der Waals surface area (Å²) < 4.78 is 13.0. The van der Waals surface area contributed by atoms with Crippen LogP contribution in [-0.4, -0.2) is 15.2 Å². The molecule has 0 aliphatic rings. The number of fused-ring (bicyclic) bond motifs is 3. The number of hydrogen-bond donors (Lipinski definition) is 1. The molecule has 0 atom stereocenters. The second-order valence-corrected chi connectivity index (χ2v) is 5.00. The zero-order chi connectivity index (χ0) is 15.1. The Kier molecular flexibility index (Phi) is 2.72. The predicted molar refractivity (Wildman–Crippen MR) is 83.1 cm³/mol. The summed E-state index contributed by atoms with van der Waals surface area (Å²) in [6.07, 6.45) is 0. The second-order valence-electron chi connectivity index (χ2n) is 5.00. The van der Waals surface area contributed by atoms with Crippen molar-refractivity contribution in [2.75, 3.05) is 0 Å². The highest BCUT2D eigenvalue weighted by Gasteiger charge is 2.09. The number of hydrogen-bond acceptors (Lipinski definition) is 3. The molecule has 0 saturated carbocycles. The SMILES string of the molecule is O=c1[nH]c2ccccc2c2nnc(-c3ccc(F)cc3)cc12. The molecule has 0 radical (unpaired) electrons. The maximum absolute atomic E-state index is 13.0. The summed E-state index contributed by atoms with van der Waals surface area (Å²) in [5, 5.41) is 9.69. The van der Waals surface area contributed by atoms with Gasteiger partial charge in [0, 0.05) is 10.9 Å². The molecule has 22 heavy (non-hydrogen) atoms. The van der Waals surface area contributed by atoms with E-state index in [1.807, 2.05) is 24.3 Å². The van der Waals surface area contributed by atoms with Crippen LogP contribution in [-0.2, 0) is 0 Å². The van der Waals surface area contributed by atoms with Gasteiger partial charge in [-0.3, -0.25) is 4.79 Å². The summed E-state index contributed by atoms with van der Waals surface area (Å²) in [7, 11) is 0. The molecule has 0 fully saturated rings. The Labute approximate surface area is 124 Å². The first kappa shape index (κ1) is 12.6. The molecule has 0 spiro atoms. The van der Waals surface area contributed by atoms with Crippen LogP contribution in [0.4, 0.5) is 4.39 Å².